The lowest BCUT2D eigenvalue weighted by atomic mass is 10.0. The van der Waals surface area contributed by atoms with E-state index < -0.39 is 18.0 Å². The number of carbonyl (C=O) groups is 2. The molecule has 6 heteroatoms. The molecule has 0 aliphatic heterocycles. The lowest BCUT2D eigenvalue weighted by molar-refractivity contribution is -0.122. The Morgan fingerprint density at radius 2 is 1.87 bits per heavy atom. The van der Waals surface area contributed by atoms with Gasteiger partial charge in [-0.2, -0.15) is 0 Å². The highest BCUT2D eigenvalue weighted by Crippen LogP contribution is 2.26. The quantitative estimate of drug-likeness (QED) is 0.883. The van der Waals surface area contributed by atoms with Crippen LogP contribution in [0.15, 0.2) is 41.8 Å². The highest BCUT2D eigenvalue weighted by molar-refractivity contribution is 7.10. The normalized spacial score (nSPS) is 13.2. The second-order valence-electron chi connectivity index (χ2n) is 5.23. The molecule has 0 saturated carbocycles. The van der Waals surface area contributed by atoms with Gasteiger partial charge in [0.2, 0.25) is 5.91 Å². The van der Waals surface area contributed by atoms with E-state index in [0.29, 0.717) is 0 Å². The number of ether oxygens (including phenoxy) is 1. The molecule has 5 nitrogen and oxygen atoms in total. The third-order valence-corrected chi connectivity index (χ3v) is 4.40. The SMILES string of the molecule is COC(=O)NC(=O)[C@H](C)N[C@H](c1ccc(C)cc1)c1cccs1. The Hall–Kier alpha value is -2.18. The third-order valence-electron chi connectivity index (χ3n) is 3.46. The van der Waals surface area contributed by atoms with Gasteiger partial charge in [-0.1, -0.05) is 35.9 Å². The van der Waals surface area contributed by atoms with Crippen LogP contribution in [0.5, 0.6) is 0 Å². The number of hydrogen-bond donors (Lipinski definition) is 2. The zero-order valence-electron chi connectivity index (χ0n) is 13.3. The first-order valence-corrected chi connectivity index (χ1v) is 8.14. The summed E-state index contributed by atoms with van der Waals surface area (Å²) in [5, 5.41) is 7.45. The number of amides is 2. The maximum absolute atomic E-state index is 12.0. The zero-order valence-corrected chi connectivity index (χ0v) is 14.1. The van der Waals surface area contributed by atoms with Gasteiger partial charge < -0.3 is 4.74 Å². The Morgan fingerprint density at radius 3 is 2.43 bits per heavy atom. The average molecular weight is 332 g/mol. The van der Waals surface area contributed by atoms with E-state index in [4.69, 9.17) is 0 Å². The topological polar surface area (TPSA) is 67.4 Å². The number of imide groups is 1. The molecular formula is C17H20N2O3S. The van der Waals surface area contributed by atoms with E-state index in [1.807, 2.05) is 48.7 Å². The number of carbonyl (C=O) groups excluding carboxylic acids is 2. The van der Waals surface area contributed by atoms with Gasteiger partial charge in [-0.15, -0.1) is 11.3 Å². The fourth-order valence-corrected chi connectivity index (χ4v) is 2.95. The van der Waals surface area contributed by atoms with Crippen molar-refractivity contribution in [1.29, 1.82) is 0 Å². The molecule has 0 spiro atoms. The van der Waals surface area contributed by atoms with Crippen molar-refractivity contribution >= 4 is 23.3 Å². The van der Waals surface area contributed by atoms with Gasteiger partial charge in [0.05, 0.1) is 19.2 Å². The van der Waals surface area contributed by atoms with E-state index in [1.165, 1.54) is 12.7 Å². The lowest BCUT2D eigenvalue weighted by Gasteiger charge is -2.22. The number of hydrogen-bond acceptors (Lipinski definition) is 5. The molecule has 0 aliphatic carbocycles. The molecule has 1 heterocycles. The molecule has 2 aromatic rings. The molecule has 23 heavy (non-hydrogen) atoms. The lowest BCUT2D eigenvalue weighted by Crippen LogP contribution is -2.45. The highest BCUT2D eigenvalue weighted by atomic mass is 32.1. The van der Waals surface area contributed by atoms with Gasteiger partial charge in [0, 0.05) is 4.88 Å². The Morgan fingerprint density at radius 1 is 1.17 bits per heavy atom. The first-order chi connectivity index (χ1) is 11.0. The van der Waals surface area contributed by atoms with Gasteiger partial charge in [0.25, 0.3) is 0 Å². The number of benzene rings is 1. The van der Waals surface area contributed by atoms with Gasteiger partial charge in [-0.3, -0.25) is 15.4 Å². The molecule has 0 bridgehead atoms. The van der Waals surface area contributed by atoms with E-state index in [1.54, 1.807) is 18.3 Å². The third kappa shape index (κ3) is 4.64. The van der Waals surface area contributed by atoms with Crippen molar-refractivity contribution in [2.75, 3.05) is 7.11 Å². The smallest absolute Gasteiger partial charge is 0.413 e. The van der Waals surface area contributed by atoms with Gasteiger partial charge in [0.15, 0.2) is 0 Å². The molecule has 0 radical (unpaired) electrons. The van der Waals surface area contributed by atoms with Crippen molar-refractivity contribution in [2.24, 2.45) is 0 Å². The fraction of sp³-hybridized carbons (Fsp3) is 0.294. The Kier molecular flexibility index (Phi) is 5.90. The molecule has 1 aromatic carbocycles. The van der Waals surface area contributed by atoms with Crippen molar-refractivity contribution in [3.05, 3.63) is 57.8 Å². The van der Waals surface area contributed by atoms with Crippen LogP contribution >= 0.6 is 11.3 Å². The summed E-state index contributed by atoms with van der Waals surface area (Å²) < 4.78 is 4.45. The Labute approximate surface area is 139 Å². The van der Waals surface area contributed by atoms with Crippen LogP contribution in [-0.4, -0.2) is 25.2 Å². The summed E-state index contributed by atoms with van der Waals surface area (Å²) in [6, 6.07) is 11.5. The largest absolute Gasteiger partial charge is 0.453 e. The number of thiophene rings is 1. The standard InChI is InChI=1S/C17H20N2O3S/c1-11-6-8-13(9-7-11)15(14-5-4-10-23-14)18-12(2)16(20)19-17(21)22-3/h4-10,12,15,18H,1-3H3,(H,19,20,21)/t12-,15+/m0/s1. The first-order valence-electron chi connectivity index (χ1n) is 7.26. The van der Waals surface area contributed by atoms with Gasteiger partial charge in [-0.05, 0) is 30.9 Å². The number of alkyl carbamates (subject to hydrolysis) is 1. The van der Waals surface area contributed by atoms with Crippen LogP contribution in [0.4, 0.5) is 4.79 Å². The number of rotatable bonds is 5. The van der Waals surface area contributed by atoms with Crippen LogP contribution in [0.3, 0.4) is 0 Å². The molecule has 0 fully saturated rings. The van der Waals surface area contributed by atoms with E-state index in [-0.39, 0.29) is 6.04 Å². The number of nitrogens with one attached hydrogen (secondary N) is 2. The van der Waals surface area contributed by atoms with E-state index in [9.17, 15) is 9.59 Å². The van der Waals surface area contributed by atoms with E-state index >= 15 is 0 Å². The average Bonchev–Trinajstić information content (AvgIpc) is 3.07. The summed E-state index contributed by atoms with van der Waals surface area (Å²) in [6.07, 6.45) is -0.758. The highest BCUT2D eigenvalue weighted by Gasteiger charge is 2.22. The van der Waals surface area contributed by atoms with Crippen molar-refractivity contribution < 1.29 is 14.3 Å². The van der Waals surface area contributed by atoms with E-state index in [0.717, 1.165) is 10.4 Å². The van der Waals surface area contributed by atoms with Crippen molar-refractivity contribution in [2.45, 2.75) is 25.9 Å². The van der Waals surface area contributed by atoms with Gasteiger partial charge in [-0.25, -0.2) is 4.79 Å². The number of aryl methyl sites for hydroxylation is 1. The summed E-state index contributed by atoms with van der Waals surface area (Å²) in [5.41, 5.74) is 2.24. The van der Waals surface area contributed by atoms with Crippen LogP contribution < -0.4 is 10.6 Å². The molecule has 2 rings (SSSR count). The summed E-state index contributed by atoms with van der Waals surface area (Å²) in [4.78, 5) is 24.3. The summed E-state index contributed by atoms with van der Waals surface area (Å²) >= 11 is 1.62. The predicted octanol–water partition coefficient (Wildman–Crippen LogP) is 3.01. The second-order valence-corrected chi connectivity index (χ2v) is 6.21. The minimum atomic E-state index is -0.758. The predicted molar refractivity (Wildman–Crippen MR) is 90.5 cm³/mol. The van der Waals surface area contributed by atoms with Gasteiger partial charge in [0.1, 0.15) is 0 Å². The van der Waals surface area contributed by atoms with Crippen LogP contribution in [0, 0.1) is 6.92 Å². The summed E-state index contributed by atoms with van der Waals surface area (Å²) in [5.74, 6) is -0.425. The maximum atomic E-state index is 12.0. The van der Waals surface area contributed by atoms with E-state index in [2.05, 4.69) is 15.4 Å². The second kappa shape index (κ2) is 7.89. The minimum Gasteiger partial charge on any atom is -0.453 e. The first kappa shape index (κ1) is 17.2. The molecule has 0 unspecified atom stereocenters. The number of methoxy groups -OCH3 is 1. The van der Waals surface area contributed by atoms with Crippen LogP contribution in [0.2, 0.25) is 0 Å². The molecule has 0 saturated heterocycles. The fourth-order valence-electron chi connectivity index (χ4n) is 2.14. The van der Waals surface area contributed by atoms with Crippen molar-refractivity contribution in [1.82, 2.24) is 10.6 Å². The monoisotopic (exact) mass is 332 g/mol. The summed E-state index contributed by atoms with van der Waals surface area (Å²) in [7, 11) is 1.22. The molecule has 2 atom stereocenters. The van der Waals surface area contributed by atoms with Crippen molar-refractivity contribution in [3.8, 4) is 0 Å². The van der Waals surface area contributed by atoms with Crippen LogP contribution in [0.25, 0.3) is 0 Å². The molecule has 122 valence electrons. The Bertz CT molecular complexity index is 653. The minimum absolute atomic E-state index is 0.117. The van der Waals surface area contributed by atoms with Crippen molar-refractivity contribution in [3.63, 3.8) is 0 Å². The maximum Gasteiger partial charge on any atom is 0.413 e. The summed E-state index contributed by atoms with van der Waals surface area (Å²) in [6.45, 7) is 3.75. The van der Waals surface area contributed by atoms with Gasteiger partial charge >= 0.3 is 6.09 Å². The molecule has 2 amide bonds. The molecular weight excluding hydrogens is 312 g/mol. The molecule has 0 aliphatic rings. The Balaban J connectivity index is 2.17. The van der Waals surface area contributed by atoms with Crippen LogP contribution in [0.1, 0.15) is 29.0 Å². The molecule has 2 N–H and O–H groups in total. The molecule has 1 aromatic heterocycles. The van der Waals surface area contributed by atoms with Crippen LogP contribution in [-0.2, 0) is 9.53 Å². The zero-order chi connectivity index (χ0) is 16.8.